The van der Waals surface area contributed by atoms with Gasteiger partial charge in [0.2, 0.25) is 0 Å². The topological polar surface area (TPSA) is 225 Å². The third-order valence-corrected chi connectivity index (χ3v) is 19.9. The van der Waals surface area contributed by atoms with Gasteiger partial charge in [0, 0.05) is 49.6 Å². The molecule has 0 unspecified atom stereocenters. The summed E-state index contributed by atoms with van der Waals surface area (Å²) in [5.41, 5.74) is 15.5. The number of rotatable bonds is 20. The van der Waals surface area contributed by atoms with Crippen molar-refractivity contribution in [3.05, 3.63) is 389 Å². The maximum atomic E-state index is 14.2. The van der Waals surface area contributed by atoms with Crippen LogP contribution in [0.2, 0.25) is 0 Å². The van der Waals surface area contributed by atoms with E-state index in [1.54, 1.807) is 66.7 Å². The molecule has 0 atom stereocenters. The highest BCUT2D eigenvalue weighted by atomic mass is 16.5. The number of carbonyl (C=O) groups is 4. The number of ether oxygens (including phenoxy) is 4. The number of carbonyl (C=O) groups excluding carboxylic acids is 4. The number of benzene rings is 14. The Balaban J connectivity index is 0.876. The minimum atomic E-state index is -0.548. The lowest BCUT2D eigenvalue weighted by molar-refractivity contribution is 0.0464. The van der Waals surface area contributed by atoms with Gasteiger partial charge >= 0.3 is 23.9 Å². The molecule has 3 heterocycles. The minimum absolute atomic E-state index is 0.0430. The molecule has 16 nitrogen and oxygen atoms in total. The fourth-order valence-electron chi connectivity index (χ4n) is 14.3. The summed E-state index contributed by atoms with van der Waals surface area (Å²) in [5, 5.41) is 33.5. The fourth-order valence-corrected chi connectivity index (χ4v) is 14.3. The Morgan fingerprint density at radius 1 is 0.254 bits per heavy atom. The molecule has 0 aliphatic rings. The largest absolute Gasteiger partial charge is 0.457 e. The van der Waals surface area contributed by atoms with Crippen LogP contribution < -0.4 is 0 Å². The van der Waals surface area contributed by atoms with Crippen LogP contribution in [0.15, 0.2) is 328 Å². The van der Waals surface area contributed by atoms with Gasteiger partial charge in [0.25, 0.3) is 0 Å². The van der Waals surface area contributed by atoms with Gasteiger partial charge in [-0.3, -0.25) is 0 Å². The molecular formula is C98H62N8O8. The van der Waals surface area contributed by atoms with Crippen LogP contribution >= 0.6 is 0 Å². The van der Waals surface area contributed by atoms with E-state index < -0.39 is 23.9 Å². The zero-order chi connectivity index (χ0) is 77.6. The van der Waals surface area contributed by atoms with E-state index in [0.29, 0.717) is 111 Å². The predicted molar refractivity (Wildman–Crippen MR) is 438 cm³/mol. The van der Waals surface area contributed by atoms with Gasteiger partial charge in [0.05, 0.1) is 79.2 Å². The number of hydrogen-bond donors (Lipinski definition) is 0. The molecular weight excluding hydrogens is 1420 g/mol. The normalized spacial score (nSPS) is 11.1. The molecule has 17 rings (SSSR count). The summed E-state index contributed by atoms with van der Waals surface area (Å²) >= 11 is 0. The van der Waals surface area contributed by atoms with Crippen molar-refractivity contribution in [1.29, 1.82) is 15.8 Å². The van der Waals surface area contributed by atoms with Crippen molar-refractivity contribution < 1.29 is 38.1 Å². The Kier molecular flexibility index (Phi) is 19.5. The molecule has 0 N–H and O–H groups in total. The molecule has 0 amide bonds. The Morgan fingerprint density at radius 2 is 0.509 bits per heavy atom. The van der Waals surface area contributed by atoms with Crippen LogP contribution in [0, 0.1) is 34.0 Å². The smallest absolute Gasteiger partial charge is 0.338 e. The van der Waals surface area contributed by atoms with Crippen molar-refractivity contribution in [1.82, 2.24) is 24.1 Å². The molecule has 14 aromatic carbocycles. The number of nitrogens with zero attached hydrogens (tertiary/aromatic N) is 8. The van der Waals surface area contributed by atoms with Crippen molar-refractivity contribution >= 4 is 67.5 Å². The molecule has 3 aromatic heterocycles. The van der Waals surface area contributed by atoms with Crippen molar-refractivity contribution in [2.45, 2.75) is 26.4 Å². The quantitative estimate of drug-likeness (QED) is 0.0511. The van der Waals surface area contributed by atoms with Crippen LogP contribution in [-0.4, -0.2) is 48.0 Å². The summed E-state index contributed by atoms with van der Waals surface area (Å²) in [6.45, 7) is 0.172. The van der Waals surface area contributed by atoms with Crippen molar-refractivity contribution in [3.63, 3.8) is 0 Å². The molecule has 542 valence electrons. The van der Waals surface area contributed by atoms with Crippen molar-refractivity contribution in [2.24, 2.45) is 0 Å². The van der Waals surface area contributed by atoms with Gasteiger partial charge in [-0.05, 0) is 207 Å². The predicted octanol–water partition coefficient (Wildman–Crippen LogP) is 21.1. The molecule has 0 fully saturated rings. The van der Waals surface area contributed by atoms with Gasteiger partial charge in [-0.15, -0.1) is 0 Å². The summed E-state index contributed by atoms with van der Waals surface area (Å²) in [5.74, 6) is -1.46. The van der Waals surface area contributed by atoms with Crippen LogP contribution in [0.4, 0.5) is 0 Å². The summed E-state index contributed by atoms with van der Waals surface area (Å²) < 4.78 is 27.8. The molecule has 16 heteroatoms. The number of aromatic nitrogens is 5. The highest BCUT2D eigenvalue weighted by Gasteiger charge is 2.25. The van der Waals surface area contributed by atoms with Gasteiger partial charge in [0.1, 0.15) is 26.4 Å². The average Bonchev–Trinajstić information content (AvgIpc) is 1.59. The van der Waals surface area contributed by atoms with Gasteiger partial charge in [-0.1, -0.05) is 176 Å². The molecule has 0 aliphatic carbocycles. The summed E-state index contributed by atoms with van der Waals surface area (Å²) in [6, 6.07) is 108. The van der Waals surface area contributed by atoms with Crippen LogP contribution in [-0.2, 0) is 45.4 Å². The molecule has 0 radical (unpaired) electrons. The monoisotopic (exact) mass is 1480 g/mol. The van der Waals surface area contributed by atoms with Gasteiger partial charge in [-0.25, -0.2) is 34.1 Å². The molecule has 114 heavy (non-hydrogen) atoms. The first-order valence-electron chi connectivity index (χ1n) is 36.7. The number of fused-ring (bicyclic) bond motifs is 6. The second-order valence-electron chi connectivity index (χ2n) is 27.3. The van der Waals surface area contributed by atoms with E-state index in [-0.39, 0.29) is 66.2 Å². The van der Waals surface area contributed by atoms with Gasteiger partial charge < -0.3 is 28.1 Å². The standard InChI is InChI=1S/C98H62N8O8/c99-55-66-25-13-28-69(41-66)72-31-16-32-73(44-72)92-102-93(80-45-78(70-29-14-26-67(42-70)56-100)47-82(49-80)105-88-37-33-74(95(107)111-58-62-17-5-1-6-18-62)51-84(88)85-52-75(34-38-89(85)105)96(108)112-59-63-19-7-2-8-20-63)104-94(103-92)81-46-79(71-30-15-27-68(43-71)57-101)48-83(50-81)106-90-39-35-76(97(109)113-60-64-21-9-3-10-22-64)53-86(90)87-54-77(36-40-91(87)106)98(110)114-61-65-23-11-4-12-24-65/h1-54H,58-61H2. The molecule has 0 bridgehead atoms. The zero-order valence-corrected chi connectivity index (χ0v) is 60.8. The second kappa shape index (κ2) is 31.3. The van der Waals surface area contributed by atoms with Crippen molar-refractivity contribution in [2.75, 3.05) is 0 Å². The van der Waals surface area contributed by atoms with Gasteiger partial charge in [-0.2, -0.15) is 15.8 Å². The number of nitriles is 3. The SMILES string of the molecule is N#Cc1cccc(-c2cccc(-c3nc(-c4cc(-c5cccc(C#N)c5)cc(-n5c6ccc(C(=O)OCc7ccccc7)cc6c6cc(C(=O)OCc7ccccc7)ccc65)c4)nc(-c4cc(-c5cccc(C#N)c5)cc(-n5c6ccc(C(=O)OCc7ccccc7)cc6c6cc(C(=O)OCc7ccccc7)ccc65)c4)n3)c2)c1. The first-order chi connectivity index (χ1) is 55.9. The average molecular weight is 1480 g/mol. The molecule has 0 aliphatic heterocycles. The lowest BCUT2D eigenvalue weighted by atomic mass is 9.99. The summed E-state index contributed by atoms with van der Waals surface area (Å²) in [6.07, 6.45) is 0. The molecule has 0 saturated carbocycles. The zero-order valence-electron chi connectivity index (χ0n) is 60.8. The maximum Gasteiger partial charge on any atom is 0.338 e. The van der Waals surface area contributed by atoms with Gasteiger partial charge in [0.15, 0.2) is 17.5 Å². The van der Waals surface area contributed by atoms with E-state index in [0.717, 1.165) is 33.4 Å². The Bertz CT molecular complexity index is 6240. The van der Waals surface area contributed by atoms with Crippen LogP contribution in [0.5, 0.6) is 0 Å². The Labute approximate surface area is 654 Å². The van der Waals surface area contributed by atoms with Crippen molar-refractivity contribution in [3.8, 4) is 97.1 Å². The van der Waals surface area contributed by atoms with Crippen LogP contribution in [0.1, 0.15) is 80.4 Å². The number of hydrogen-bond acceptors (Lipinski definition) is 14. The first-order valence-corrected chi connectivity index (χ1v) is 36.7. The third kappa shape index (κ3) is 14.8. The Morgan fingerprint density at radius 3 is 0.816 bits per heavy atom. The van der Waals surface area contributed by atoms with E-state index >= 15 is 0 Å². The van der Waals surface area contributed by atoms with E-state index in [1.807, 2.05) is 261 Å². The molecule has 0 saturated heterocycles. The van der Waals surface area contributed by atoms with E-state index in [9.17, 15) is 35.0 Å². The third-order valence-electron chi connectivity index (χ3n) is 19.9. The highest BCUT2D eigenvalue weighted by Crippen LogP contribution is 2.41. The summed E-state index contributed by atoms with van der Waals surface area (Å²) in [7, 11) is 0. The van der Waals surface area contributed by atoms with E-state index in [1.165, 1.54) is 0 Å². The van der Waals surface area contributed by atoms with E-state index in [2.05, 4.69) is 27.3 Å². The Hall–Kier alpha value is -16.0. The summed E-state index contributed by atoms with van der Waals surface area (Å²) in [4.78, 5) is 73.1. The second-order valence-corrected chi connectivity index (χ2v) is 27.3. The number of esters is 4. The van der Waals surface area contributed by atoms with E-state index in [4.69, 9.17) is 33.9 Å². The molecule has 17 aromatic rings. The van der Waals surface area contributed by atoms with Crippen LogP contribution in [0.3, 0.4) is 0 Å². The fraction of sp³-hybridized carbons (Fsp3) is 0.0408. The lowest BCUT2D eigenvalue weighted by Gasteiger charge is -2.16. The lowest BCUT2D eigenvalue weighted by Crippen LogP contribution is -2.05. The first kappa shape index (κ1) is 71.0. The highest BCUT2D eigenvalue weighted by molar-refractivity contribution is 6.15. The maximum absolute atomic E-state index is 14.2. The van der Waals surface area contributed by atoms with Crippen LogP contribution in [0.25, 0.3) is 123 Å². The minimum Gasteiger partial charge on any atom is -0.457 e. The molecule has 0 spiro atoms.